The van der Waals surface area contributed by atoms with Crippen LogP contribution in [-0.2, 0) is 6.18 Å². The molecule has 0 spiro atoms. The second-order valence-electron chi connectivity index (χ2n) is 4.82. The summed E-state index contributed by atoms with van der Waals surface area (Å²) in [5.41, 5.74) is 5.30. The van der Waals surface area contributed by atoms with Crippen LogP contribution in [0.3, 0.4) is 0 Å². The van der Waals surface area contributed by atoms with Crippen LogP contribution in [0.1, 0.15) is 25.0 Å². The first-order valence-electron chi connectivity index (χ1n) is 5.92. The van der Waals surface area contributed by atoms with Crippen molar-refractivity contribution in [3.63, 3.8) is 0 Å². The van der Waals surface area contributed by atoms with Gasteiger partial charge in [0.1, 0.15) is 5.69 Å². The van der Waals surface area contributed by atoms with Crippen molar-refractivity contribution in [3.05, 3.63) is 24.0 Å². The number of nitrogens with two attached hydrogens (primary N) is 1. The lowest BCUT2D eigenvalue weighted by Gasteiger charge is -2.16. The van der Waals surface area contributed by atoms with Crippen molar-refractivity contribution < 1.29 is 13.2 Å². The van der Waals surface area contributed by atoms with E-state index >= 15 is 0 Å². The highest BCUT2D eigenvalue weighted by molar-refractivity contribution is 5.44. The zero-order valence-corrected chi connectivity index (χ0v) is 9.93. The van der Waals surface area contributed by atoms with Gasteiger partial charge in [-0.1, -0.05) is 0 Å². The molecule has 1 heterocycles. The molecule has 0 atom stereocenters. The first-order chi connectivity index (χ1) is 8.45. The lowest BCUT2D eigenvalue weighted by Crippen LogP contribution is -2.19. The minimum atomic E-state index is -4.40. The van der Waals surface area contributed by atoms with Crippen LogP contribution in [-0.4, -0.2) is 18.1 Å². The molecular formula is C12H16F3N3. The van der Waals surface area contributed by atoms with Crippen molar-refractivity contribution >= 4 is 5.69 Å². The molecule has 0 unspecified atom stereocenters. The summed E-state index contributed by atoms with van der Waals surface area (Å²) in [6.45, 7) is 1.29. The highest BCUT2D eigenvalue weighted by Gasteiger charge is 2.41. The molecule has 100 valence electrons. The summed E-state index contributed by atoms with van der Waals surface area (Å²) in [5.74, 6) is 0. The lowest BCUT2D eigenvalue weighted by atomic mass is 10.0. The van der Waals surface area contributed by atoms with Crippen LogP contribution in [0.25, 0.3) is 0 Å². The van der Waals surface area contributed by atoms with Gasteiger partial charge in [0.05, 0.1) is 0 Å². The number of halogens is 3. The quantitative estimate of drug-likeness (QED) is 0.854. The Hall–Kier alpha value is -1.30. The fraction of sp³-hybridized carbons (Fsp3) is 0.583. The Labute approximate surface area is 104 Å². The summed E-state index contributed by atoms with van der Waals surface area (Å²) in [7, 11) is 0. The topological polar surface area (TPSA) is 50.9 Å². The van der Waals surface area contributed by atoms with E-state index in [1.165, 1.54) is 6.20 Å². The third-order valence-electron chi connectivity index (χ3n) is 3.35. The van der Waals surface area contributed by atoms with E-state index in [1.807, 2.05) is 0 Å². The van der Waals surface area contributed by atoms with E-state index in [0.717, 1.165) is 25.3 Å². The van der Waals surface area contributed by atoms with Gasteiger partial charge < -0.3 is 11.1 Å². The van der Waals surface area contributed by atoms with Gasteiger partial charge in [-0.2, -0.15) is 13.2 Å². The van der Waals surface area contributed by atoms with Crippen molar-refractivity contribution in [2.75, 3.05) is 18.4 Å². The molecule has 0 aliphatic heterocycles. The minimum absolute atomic E-state index is 0.191. The Kier molecular flexibility index (Phi) is 3.47. The fourth-order valence-electron chi connectivity index (χ4n) is 1.98. The minimum Gasteiger partial charge on any atom is -0.384 e. The van der Waals surface area contributed by atoms with Gasteiger partial charge in [0, 0.05) is 18.4 Å². The molecule has 6 heteroatoms. The summed E-state index contributed by atoms with van der Waals surface area (Å²) >= 11 is 0. The number of anilines is 1. The second kappa shape index (κ2) is 4.76. The van der Waals surface area contributed by atoms with Crippen LogP contribution < -0.4 is 11.1 Å². The van der Waals surface area contributed by atoms with Gasteiger partial charge in [-0.05, 0) is 43.4 Å². The van der Waals surface area contributed by atoms with Crippen LogP contribution in [0.4, 0.5) is 18.9 Å². The van der Waals surface area contributed by atoms with E-state index in [0.29, 0.717) is 18.8 Å². The van der Waals surface area contributed by atoms with Crippen LogP contribution in [0, 0.1) is 5.41 Å². The SMILES string of the molecule is NCCC1(CNc2ccnc(C(F)(F)F)c2)CC1. The molecule has 1 saturated carbocycles. The average Bonchev–Trinajstić information content (AvgIpc) is 3.07. The molecule has 18 heavy (non-hydrogen) atoms. The van der Waals surface area contributed by atoms with E-state index in [9.17, 15) is 13.2 Å². The highest BCUT2D eigenvalue weighted by Crippen LogP contribution is 2.48. The van der Waals surface area contributed by atoms with E-state index < -0.39 is 11.9 Å². The molecule has 1 aliphatic rings. The molecule has 0 aromatic carbocycles. The number of pyridine rings is 1. The van der Waals surface area contributed by atoms with Crippen LogP contribution >= 0.6 is 0 Å². The second-order valence-corrected chi connectivity index (χ2v) is 4.82. The van der Waals surface area contributed by atoms with Gasteiger partial charge in [0.2, 0.25) is 0 Å². The molecule has 1 aromatic heterocycles. The van der Waals surface area contributed by atoms with Crippen molar-refractivity contribution in [3.8, 4) is 0 Å². The highest BCUT2D eigenvalue weighted by atomic mass is 19.4. The van der Waals surface area contributed by atoms with Crippen molar-refractivity contribution in [2.24, 2.45) is 11.1 Å². The molecular weight excluding hydrogens is 243 g/mol. The summed E-state index contributed by atoms with van der Waals surface area (Å²) in [6, 6.07) is 2.59. The maximum absolute atomic E-state index is 12.5. The predicted molar refractivity (Wildman–Crippen MR) is 63.1 cm³/mol. The lowest BCUT2D eigenvalue weighted by molar-refractivity contribution is -0.141. The van der Waals surface area contributed by atoms with E-state index in [2.05, 4.69) is 10.3 Å². The summed E-state index contributed by atoms with van der Waals surface area (Å²) in [4.78, 5) is 3.32. The Bertz CT molecular complexity index is 413. The molecule has 1 aromatic rings. The fourth-order valence-corrected chi connectivity index (χ4v) is 1.98. The summed E-state index contributed by atoms with van der Waals surface area (Å²) in [6.07, 6.45) is -0.125. The Morgan fingerprint density at radius 3 is 2.67 bits per heavy atom. The Balaban J connectivity index is 1.98. The van der Waals surface area contributed by atoms with Gasteiger partial charge in [0.25, 0.3) is 0 Å². The molecule has 3 nitrogen and oxygen atoms in total. The Morgan fingerprint density at radius 1 is 1.39 bits per heavy atom. The monoisotopic (exact) mass is 259 g/mol. The summed E-state index contributed by atoms with van der Waals surface area (Å²) < 4.78 is 37.4. The van der Waals surface area contributed by atoms with Gasteiger partial charge in [-0.3, -0.25) is 4.98 Å². The average molecular weight is 259 g/mol. The van der Waals surface area contributed by atoms with Gasteiger partial charge in [-0.15, -0.1) is 0 Å². The van der Waals surface area contributed by atoms with E-state index in [1.54, 1.807) is 6.07 Å². The smallest absolute Gasteiger partial charge is 0.384 e. The first kappa shape index (κ1) is 13.1. The van der Waals surface area contributed by atoms with Crippen molar-refractivity contribution in [1.29, 1.82) is 0 Å². The normalized spacial score (nSPS) is 17.6. The standard InChI is InChI=1S/C12H16F3N3/c13-12(14,15)10-7-9(1-6-17-10)18-8-11(2-3-11)4-5-16/h1,6-7H,2-5,8,16H2,(H,17,18). The van der Waals surface area contributed by atoms with Crippen molar-refractivity contribution in [2.45, 2.75) is 25.4 Å². The molecule has 2 rings (SSSR count). The number of hydrogen-bond acceptors (Lipinski definition) is 3. The summed E-state index contributed by atoms with van der Waals surface area (Å²) in [5, 5.41) is 3.05. The maximum Gasteiger partial charge on any atom is 0.433 e. The van der Waals surface area contributed by atoms with Crippen molar-refractivity contribution in [1.82, 2.24) is 4.98 Å². The van der Waals surface area contributed by atoms with Gasteiger partial charge in [0.15, 0.2) is 0 Å². The first-order valence-corrected chi connectivity index (χ1v) is 5.92. The third kappa shape index (κ3) is 3.13. The van der Waals surface area contributed by atoms with E-state index in [4.69, 9.17) is 5.73 Å². The largest absolute Gasteiger partial charge is 0.433 e. The number of alkyl halides is 3. The van der Waals surface area contributed by atoms with Gasteiger partial charge >= 0.3 is 6.18 Å². The van der Waals surface area contributed by atoms with E-state index in [-0.39, 0.29) is 5.41 Å². The number of nitrogens with one attached hydrogen (secondary N) is 1. The number of aromatic nitrogens is 1. The number of hydrogen-bond donors (Lipinski definition) is 2. The van der Waals surface area contributed by atoms with Gasteiger partial charge in [-0.25, -0.2) is 0 Å². The predicted octanol–water partition coefficient (Wildman–Crippen LogP) is 2.64. The number of rotatable bonds is 5. The zero-order valence-electron chi connectivity index (χ0n) is 9.93. The molecule has 0 saturated heterocycles. The Morgan fingerprint density at radius 2 is 2.11 bits per heavy atom. The van der Waals surface area contributed by atoms with Crippen LogP contribution in [0.5, 0.6) is 0 Å². The molecule has 1 fully saturated rings. The van der Waals surface area contributed by atoms with Crippen LogP contribution in [0.15, 0.2) is 18.3 Å². The molecule has 1 aliphatic carbocycles. The number of nitrogens with zero attached hydrogens (tertiary/aromatic N) is 1. The molecule has 0 amide bonds. The molecule has 0 bridgehead atoms. The molecule has 3 N–H and O–H groups in total. The zero-order chi connectivity index (χ0) is 13.2. The van der Waals surface area contributed by atoms with Crippen LogP contribution in [0.2, 0.25) is 0 Å². The molecule has 0 radical (unpaired) electrons. The maximum atomic E-state index is 12.5. The third-order valence-corrected chi connectivity index (χ3v) is 3.35.